The highest BCUT2D eigenvalue weighted by Crippen LogP contribution is 2.18. The molecule has 0 spiro atoms. The predicted molar refractivity (Wildman–Crippen MR) is 94.3 cm³/mol. The van der Waals surface area contributed by atoms with Gasteiger partial charge in [0.25, 0.3) is 0 Å². The normalized spacial score (nSPS) is 10.3. The highest BCUT2D eigenvalue weighted by atomic mass is 16.5. The molecule has 0 saturated heterocycles. The molecule has 6 nitrogen and oxygen atoms in total. The Hall–Kier alpha value is -3.90. The first-order valence-corrected chi connectivity index (χ1v) is 7.66. The van der Waals surface area contributed by atoms with Crippen molar-refractivity contribution in [2.45, 2.75) is 6.92 Å². The largest absolute Gasteiger partial charge is 0.462 e. The van der Waals surface area contributed by atoms with Crippen LogP contribution in [-0.4, -0.2) is 18.5 Å². The van der Waals surface area contributed by atoms with E-state index in [-0.39, 0.29) is 12.2 Å². The van der Waals surface area contributed by atoms with E-state index in [0.717, 1.165) is 0 Å². The summed E-state index contributed by atoms with van der Waals surface area (Å²) < 4.78 is 10.0. The van der Waals surface area contributed by atoms with Crippen molar-refractivity contribution in [3.8, 4) is 11.8 Å². The average Bonchev–Trinajstić information content (AvgIpc) is 2.67. The average molecular weight is 346 g/mol. The summed E-state index contributed by atoms with van der Waals surface area (Å²) in [6.07, 6.45) is 1.40. The lowest BCUT2D eigenvalue weighted by atomic mass is 10.1. The number of benzene rings is 2. The van der Waals surface area contributed by atoms with Gasteiger partial charge >= 0.3 is 11.9 Å². The summed E-state index contributed by atoms with van der Waals surface area (Å²) in [4.78, 5) is 26.9. The molecule has 0 N–H and O–H groups in total. The molecular weight excluding hydrogens is 332 g/mol. The van der Waals surface area contributed by atoms with E-state index in [9.17, 15) is 9.59 Å². The molecule has 0 atom stereocenters. The van der Waals surface area contributed by atoms with Crippen LogP contribution in [0, 0.1) is 17.9 Å². The highest BCUT2D eigenvalue weighted by Gasteiger charge is 2.11. The lowest BCUT2D eigenvalue weighted by Crippen LogP contribution is -2.08. The number of nitriles is 1. The fraction of sp³-hybridized carbons (Fsp3) is 0.100. The van der Waals surface area contributed by atoms with Crippen LogP contribution in [0.2, 0.25) is 0 Å². The summed E-state index contributed by atoms with van der Waals surface area (Å²) in [5.74, 6) is -0.918. The number of nitrogens with zero attached hydrogens (tertiary/aromatic N) is 2. The molecule has 0 fully saturated rings. The van der Waals surface area contributed by atoms with Crippen molar-refractivity contribution in [2.24, 2.45) is 0 Å². The second-order valence-electron chi connectivity index (χ2n) is 5.01. The smallest absolute Gasteiger partial charge is 0.348 e. The van der Waals surface area contributed by atoms with Crippen molar-refractivity contribution < 1.29 is 19.1 Å². The predicted octanol–water partition coefficient (Wildman–Crippen LogP) is 3.93. The van der Waals surface area contributed by atoms with Crippen molar-refractivity contribution in [2.75, 3.05) is 6.61 Å². The van der Waals surface area contributed by atoms with Gasteiger partial charge in [0.2, 0.25) is 0 Å². The maximum atomic E-state index is 12.1. The van der Waals surface area contributed by atoms with Crippen LogP contribution in [0.25, 0.3) is 10.9 Å². The third-order valence-corrected chi connectivity index (χ3v) is 3.25. The molecule has 0 aliphatic rings. The van der Waals surface area contributed by atoms with Gasteiger partial charge in [-0.1, -0.05) is 36.4 Å². The van der Waals surface area contributed by atoms with Gasteiger partial charge in [-0.15, -0.1) is 0 Å². The quantitative estimate of drug-likeness (QED) is 0.269. The Labute approximate surface area is 150 Å². The van der Waals surface area contributed by atoms with Crippen molar-refractivity contribution in [1.82, 2.24) is 0 Å². The van der Waals surface area contributed by atoms with Crippen molar-refractivity contribution in [3.05, 3.63) is 76.6 Å². The lowest BCUT2D eigenvalue weighted by Gasteiger charge is -2.05. The SMILES string of the molecule is [C-]#[N+]c1ccc(C(=O)Oc2ccc(C=C(C#N)C(=O)OCC)cc2)cc1. The Bertz CT molecular complexity index is 914. The van der Waals surface area contributed by atoms with Crippen LogP contribution in [0.3, 0.4) is 0 Å². The molecule has 2 aromatic rings. The fourth-order valence-corrected chi connectivity index (χ4v) is 1.98. The fourth-order valence-electron chi connectivity index (χ4n) is 1.98. The van der Waals surface area contributed by atoms with Gasteiger partial charge in [-0.2, -0.15) is 5.26 Å². The van der Waals surface area contributed by atoms with Crippen molar-refractivity contribution >= 4 is 23.7 Å². The number of ether oxygens (including phenoxy) is 2. The monoisotopic (exact) mass is 346 g/mol. The van der Waals surface area contributed by atoms with E-state index >= 15 is 0 Å². The Morgan fingerprint density at radius 1 is 1.15 bits per heavy atom. The number of carbonyl (C=O) groups is 2. The number of carbonyl (C=O) groups excluding carboxylic acids is 2. The van der Waals surface area contributed by atoms with Crippen LogP contribution in [0.15, 0.2) is 54.1 Å². The molecule has 0 bridgehead atoms. The van der Waals surface area contributed by atoms with Crippen molar-refractivity contribution in [3.63, 3.8) is 0 Å². The van der Waals surface area contributed by atoms with E-state index in [0.29, 0.717) is 22.6 Å². The lowest BCUT2D eigenvalue weighted by molar-refractivity contribution is -0.137. The molecule has 0 saturated carbocycles. The van der Waals surface area contributed by atoms with E-state index in [4.69, 9.17) is 21.3 Å². The highest BCUT2D eigenvalue weighted by molar-refractivity contribution is 5.98. The first-order chi connectivity index (χ1) is 12.6. The summed E-state index contributed by atoms with van der Waals surface area (Å²) >= 11 is 0. The summed E-state index contributed by atoms with van der Waals surface area (Å²) in [6, 6.07) is 14.2. The molecule has 0 aliphatic heterocycles. The van der Waals surface area contributed by atoms with Gasteiger partial charge in [-0.25, -0.2) is 14.4 Å². The Morgan fingerprint density at radius 2 is 1.81 bits per heavy atom. The van der Waals surface area contributed by atoms with E-state index in [2.05, 4.69) is 4.85 Å². The molecular formula is C20H14N2O4. The Kier molecular flexibility index (Phi) is 6.25. The molecule has 0 heterocycles. The first-order valence-electron chi connectivity index (χ1n) is 7.66. The maximum absolute atomic E-state index is 12.1. The molecule has 6 heteroatoms. The number of hydrogen-bond donors (Lipinski definition) is 0. The van der Waals surface area contributed by atoms with E-state index in [1.165, 1.54) is 30.3 Å². The standard InChI is InChI=1S/C20H14N2O4/c1-3-25-19(23)16(13-21)12-14-4-10-18(11-5-14)26-20(24)15-6-8-17(22-2)9-7-15/h4-12H,3H2,1H3. The zero-order valence-corrected chi connectivity index (χ0v) is 13.9. The second kappa shape index (κ2) is 8.81. The maximum Gasteiger partial charge on any atom is 0.348 e. The van der Waals surface area contributed by atoms with Gasteiger partial charge in [0.05, 0.1) is 18.7 Å². The van der Waals surface area contributed by atoms with Gasteiger partial charge in [-0.3, -0.25) is 0 Å². The van der Waals surface area contributed by atoms with Gasteiger partial charge in [-0.05, 0) is 30.7 Å². The first kappa shape index (κ1) is 18.4. The van der Waals surface area contributed by atoms with Gasteiger partial charge in [0.1, 0.15) is 17.4 Å². The van der Waals surface area contributed by atoms with Gasteiger partial charge in [0.15, 0.2) is 5.69 Å². The third-order valence-electron chi connectivity index (χ3n) is 3.25. The number of esters is 2. The minimum atomic E-state index is -0.687. The van der Waals surface area contributed by atoms with Gasteiger partial charge < -0.3 is 9.47 Å². The minimum absolute atomic E-state index is 0.114. The van der Waals surface area contributed by atoms with E-state index in [1.807, 2.05) is 0 Å². The van der Waals surface area contributed by atoms with Crippen LogP contribution in [0.4, 0.5) is 5.69 Å². The summed E-state index contributed by atoms with van der Waals surface area (Å²) in [7, 11) is 0. The van der Waals surface area contributed by atoms with Crippen LogP contribution in [-0.2, 0) is 9.53 Å². The number of hydrogen-bond acceptors (Lipinski definition) is 5. The Morgan fingerprint density at radius 3 is 2.35 bits per heavy atom. The zero-order chi connectivity index (χ0) is 18.9. The van der Waals surface area contributed by atoms with E-state index in [1.54, 1.807) is 37.3 Å². The van der Waals surface area contributed by atoms with Crippen LogP contribution in [0.1, 0.15) is 22.8 Å². The molecule has 2 rings (SSSR count). The summed E-state index contributed by atoms with van der Waals surface area (Å²) in [5.41, 5.74) is 1.25. The molecule has 26 heavy (non-hydrogen) atoms. The molecule has 0 unspecified atom stereocenters. The molecule has 128 valence electrons. The third kappa shape index (κ3) is 4.80. The van der Waals surface area contributed by atoms with Gasteiger partial charge in [0, 0.05) is 0 Å². The van der Waals surface area contributed by atoms with Crippen molar-refractivity contribution in [1.29, 1.82) is 5.26 Å². The molecule has 2 aromatic carbocycles. The minimum Gasteiger partial charge on any atom is -0.462 e. The molecule has 0 aromatic heterocycles. The molecule has 0 amide bonds. The van der Waals surface area contributed by atoms with E-state index < -0.39 is 11.9 Å². The zero-order valence-electron chi connectivity index (χ0n) is 13.9. The second-order valence-corrected chi connectivity index (χ2v) is 5.01. The van der Waals surface area contributed by atoms with Crippen LogP contribution in [0.5, 0.6) is 5.75 Å². The van der Waals surface area contributed by atoms with Crippen LogP contribution >= 0.6 is 0 Å². The number of rotatable bonds is 5. The van der Waals surface area contributed by atoms with Crippen LogP contribution < -0.4 is 4.74 Å². The topological polar surface area (TPSA) is 80.8 Å². The Balaban J connectivity index is 2.09. The summed E-state index contributed by atoms with van der Waals surface area (Å²) in [6.45, 7) is 8.73. The molecule has 0 radical (unpaired) electrons. The molecule has 0 aliphatic carbocycles. The summed E-state index contributed by atoms with van der Waals surface area (Å²) in [5, 5.41) is 9.01.